The summed E-state index contributed by atoms with van der Waals surface area (Å²) in [4.78, 5) is 14.4. The van der Waals surface area contributed by atoms with Crippen LogP contribution in [-0.4, -0.2) is 23.9 Å². The van der Waals surface area contributed by atoms with Gasteiger partial charge in [0.2, 0.25) is 5.91 Å². The molecular weight excluding hydrogens is 260 g/mol. The quantitative estimate of drug-likeness (QED) is 0.883. The van der Waals surface area contributed by atoms with Crippen molar-refractivity contribution in [3.63, 3.8) is 0 Å². The van der Waals surface area contributed by atoms with Crippen LogP contribution in [0.1, 0.15) is 18.1 Å². The number of carbonyl (C=O) groups is 1. The third kappa shape index (κ3) is 4.43. The van der Waals surface area contributed by atoms with Gasteiger partial charge in [0.05, 0.1) is 6.04 Å². The van der Waals surface area contributed by atoms with Crippen LogP contribution in [0.25, 0.3) is 0 Å². The minimum Gasteiger partial charge on any atom is -0.333 e. The van der Waals surface area contributed by atoms with E-state index in [9.17, 15) is 4.79 Å². The van der Waals surface area contributed by atoms with Crippen molar-refractivity contribution >= 4 is 5.91 Å². The molecular formula is C18H22N2O. The second kappa shape index (κ2) is 7.60. The molecule has 0 aliphatic heterocycles. The molecule has 0 radical (unpaired) electrons. The molecule has 110 valence electrons. The Morgan fingerprint density at radius 3 is 1.76 bits per heavy atom. The average Bonchev–Trinajstić information content (AvgIpc) is 2.54. The fourth-order valence-corrected chi connectivity index (χ4v) is 2.22. The Balaban J connectivity index is 2.16. The van der Waals surface area contributed by atoms with Gasteiger partial charge in [0.15, 0.2) is 0 Å². The summed E-state index contributed by atoms with van der Waals surface area (Å²) in [6.45, 7) is 3.15. The Labute approximate surface area is 126 Å². The van der Waals surface area contributed by atoms with Crippen LogP contribution >= 0.6 is 0 Å². The van der Waals surface area contributed by atoms with Crippen LogP contribution in [0.15, 0.2) is 60.7 Å². The van der Waals surface area contributed by atoms with Gasteiger partial charge in [-0.05, 0) is 25.1 Å². The third-order valence-corrected chi connectivity index (χ3v) is 3.55. The number of hydrogen-bond donors (Lipinski definition) is 1. The molecule has 0 spiro atoms. The van der Waals surface area contributed by atoms with Gasteiger partial charge in [0.1, 0.15) is 0 Å². The highest BCUT2D eigenvalue weighted by molar-refractivity contribution is 5.81. The smallest absolute Gasteiger partial charge is 0.240 e. The molecule has 2 aromatic rings. The summed E-state index contributed by atoms with van der Waals surface area (Å²) in [6, 6.07) is 20.0. The number of hydrogen-bond acceptors (Lipinski definition) is 2. The largest absolute Gasteiger partial charge is 0.333 e. The molecule has 21 heavy (non-hydrogen) atoms. The van der Waals surface area contributed by atoms with Crippen LogP contribution in [0.4, 0.5) is 0 Å². The summed E-state index contributed by atoms with van der Waals surface area (Å²) in [5, 5.41) is 3.03. The molecule has 1 unspecified atom stereocenters. The molecule has 1 amide bonds. The molecule has 0 fully saturated rings. The second-order valence-corrected chi connectivity index (χ2v) is 5.18. The summed E-state index contributed by atoms with van der Waals surface area (Å²) >= 11 is 0. The first kappa shape index (κ1) is 15.3. The van der Waals surface area contributed by atoms with E-state index < -0.39 is 0 Å². The first-order valence-electron chi connectivity index (χ1n) is 7.24. The van der Waals surface area contributed by atoms with Gasteiger partial charge in [0, 0.05) is 13.1 Å². The standard InChI is InChI=1S/C18H22N2O/c1-15(19-2)18(21)20(13-16-9-5-3-6-10-16)14-17-11-7-4-8-12-17/h3-12,15,19H,13-14H2,1-2H3. The molecule has 0 aromatic heterocycles. The maximum absolute atomic E-state index is 12.5. The molecule has 0 bridgehead atoms. The molecule has 1 atom stereocenters. The lowest BCUT2D eigenvalue weighted by atomic mass is 10.1. The Bertz CT molecular complexity index is 512. The van der Waals surface area contributed by atoms with E-state index in [1.807, 2.05) is 55.3 Å². The van der Waals surface area contributed by atoms with E-state index in [2.05, 4.69) is 29.6 Å². The summed E-state index contributed by atoms with van der Waals surface area (Å²) < 4.78 is 0. The maximum atomic E-state index is 12.5. The highest BCUT2D eigenvalue weighted by atomic mass is 16.2. The Kier molecular flexibility index (Phi) is 5.52. The SMILES string of the molecule is CNC(C)C(=O)N(Cc1ccccc1)Cc1ccccc1. The van der Waals surface area contributed by atoms with Crippen molar-refractivity contribution in [3.05, 3.63) is 71.8 Å². The molecule has 3 heteroatoms. The lowest BCUT2D eigenvalue weighted by Crippen LogP contribution is -2.42. The van der Waals surface area contributed by atoms with Gasteiger partial charge < -0.3 is 10.2 Å². The zero-order chi connectivity index (χ0) is 15.1. The van der Waals surface area contributed by atoms with Crippen molar-refractivity contribution in [1.82, 2.24) is 10.2 Å². The first-order chi connectivity index (χ1) is 10.2. The minimum atomic E-state index is -0.183. The molecule has 3 nitrogen and oxygen atoms in total. The summed E-state index contributed by atoms with van der Waals surface area (Å²) in [5.74, 6) is 0.116. The van der Waals surface area contributed by atoms with E-state index in [-0.39, 0.29) is 11.9 Å². The van der Waals surface area contributed by atoms with Gasteiger partial charge in [0.25, 0.3) is 0 Å². The van der Waals surface area contributed by atoms with E-state index in [0.29, 0.717) is 13.1 Å². The topological polar surface area (TPSA) is 32.3 Å². The molecule has 0 aliphatic rings. The van der Waals surface area contributed by atoms with Crippen LogP contribution < -0.4 is 5.32 Å². The first-order valence-corrected chi connectivity index (χ1v) is 7.24. The minimum absolute atomic E-state index is 0.116. The van der Waals surface area contributed by atoms with Gasteiger partial charge in [-0.3, -0.25) is 4.79 Å². The zero-order valence-electron chi connectivity index (χ0n) is 12.6. The normalized spacial score (nSPS) is 11.9. The van der Waals surface area contributed by atoms with Gasteiger partial charge in [-0.15, -0.1) is 0 Å². The lowest BCUT2D eigenvalue weighted by molar-refractivity contribution is -0.134. The van der Waals surface area contributed by atoms with E-state index in [0.717, 1.165) is 11.1 Å². The fourth-order valence-electron chi connectivity index (χ4n) is 2.22. The number of carbonyl (C=O) groups excluding carboxylic acids is 1. The predicted octanol–water partition coefficient (Wildman–Crippen LogP) is 2.82. The summed E-state index contributed by atoms with van der Waals surface area (Å²) in [7, 11) is 1.81. The number of likely N-dealkylation sites (N-methyl/N-ethyl adjacent to an activating group) is 1. The highest BCUT2D eigenvalue weighted by Gasteiger charge is 2.19. The monoisotopic (exact) mass is 282 g/mol. The average molecular weight is 282 g/mol. The number of amides is 1. The van der Waals surface area contributed by atoms with Gasteiger partial charge in [-0.2, -0.15) is 0 Å². The molecule has 0 aliphatic carbocycles. The maximum Gasteiger partial charge on any atom is 0.240 e. The van der Waals surface area contributed by atoms with Crippen molar-refractivity contribution in [1.29, 1.82) is 0 Å². The van der Waals surface area contributed by atoms with Crippen molar-refractivity contribution in [2.75, 3.05) is 7.05 Å². The lowest BCUT2D eigenvalue weighted by Gasteiger charge is -2.26. The van der Waals surface area contributed by atoms with Gasteiger partial charge in [-0.25, -0.2) is 0 Å². The van der Waals surface area contributed by atoms with E-state index in [4.69, 9.17) is 0 Å². The molecule has 1 N–H and O–H groups in total. The number of benzene rings is 2. The molecule has 2 rings (SSSR count). The van der Waals surface area contributed by atoms with Crippen LogP contribution in [0.3, 0.4) is 0 Å². The van der Waals surface area contributed by atoms with Crippen LogP contribution in [0, 0.1) is 0 Å². The van der Waals surface area contributed by atoms with E-state index in [1.165, 1.54) is 0 Å². The third-order valence-electron chi connectivity index (χ3n) is 3.55. The fraction of sp³-hybridized carbons (Fsp3) is 0.278. The predicted molar refractivity (Wildman–Crippen MR) is 85.7 cm³/mol. The number of rotatable bonds is 6. The Morgan fingerprint density at radius 1 is 0.952 bits per heavy atom. The van der Waals surface area contributed by atoms with Crippen molar-refractivity contribution in [3.8, 4) is 0 Å². The number of nitrogens with one attached hydrogen (secondary N) is 1. The number of nitrogens with zero attached hydrogens (tertiary/aromatic N) is 1. The van der Waals surface area contributed by atoms with Crippen LogP contribution in [0.5, 0.6) is 0 Å². The van der Waals surface area contributed by atoms with E-state index in [1.54, 1.807) is 0 Å². The summed E-state index contributed by atoms with van der Waals surface area (Å²) in [5.41, 5.74) is 2.29. The van der Waals surface area contributed by atoms with Gasteiger partial charge in [-0.1, -0.05) is 60.7 Å². The molecule has 0 saturated carbocycles. The highest BCUT2D eigenvalue weighted by Crippen LogP contribution is 2.11. The van der Waals surface area contributed by atoms with Crippen molar-refractivity contribution < 1.29 is 4.79 Å². The van der Waals surface area contributed by atoms with Crippen LogP contribution in [-0.2, 0) is 17.9 Å². The van der Waals surface area contributed by atoms with Gasteiger partial charge >= 0.3 is 0 Å². The van der Waals surface area contributed by atoms with Crippen LogP contribution in [0.2, 0.25) is 0 Å². The summed E-state index contributed by atoms with van der Waals surface area (Å²) in [6.07, 6.45) is 0. The van der Waals surface area contributed by atoms with Crippen molar-refractivity contribution in [2.45, 2.75) is 26.1 Å². The Morgan fingerprint density at radius 2 is 1.38 bits per heavy atom. The molecule has 0 heterocycles. The molecule has 2 aromatic carbocycles. The zero-order valence-corrected chi connectivity index (χ0v) is 12.6. The second-order valence-electron chi connectivity index (χ2n) is 5.18. The Hall–Kier alpha value is -2.13. The molecule has 0 saturated heterocycles. The van der Waals surface area contributed by atoms with E-state index >= 15 is 0 Å². The van der Waals surface area contributed by atoms with Crippen molar-refractivity contribution in [2.24, 2.45) is 0 Å².